The molecule has 0 atom stereocenters. The van der Waals surface area contributed by atoms with Crippen LogP contribution in [0.2, 0.25) is 0 Å². The molecule has 0 saturated heterocycles. The number of para-hydroxylation sites is 1. The predicted octanol–water partition coefficient (Wildman–Crippen LogP) is 1.96. The molecule has 0 amide bonds. The Balaban J connectivity index is 3.17. The molecular formula is C9H10FNO2. The van der Waals surface area contributed by atoms with Crippen molar-refractivity contribution < 1.29 is 14.3 Å². The van der Waals surface area contributed by atoms with Crippen molar-refractivity contribution in [2.45, 2.75) is 6.92 Å². The highest BCUT2D eigenvalue weighted by atomic mass is 19.1. The van der Waals surface area contributed by atoms with Crippen LogP contribution in [0, 0.1) is 5.82 Å². The van der Waals surface area contributed by atoms with Crippen LogP contribution in [0.3, 0.4) is 0 Å². The average Bonchev–Trinajstić information content (AvgIpc) is 2.08. The van der Waals surface area contributed by atoms with Crippen molar-refractivity contribution in [2.75, 3.05) is 11.9 Å². The summed E-state index contributed by atoms with van der Waals surface area (Å²) in [6, 6.07) is 3.97. The number of carboxylic acids is 1. The highest BCUT2D eigenvalue weighted by molar-refractivity contribution is 5.94. The minimum Gasteiger partial charge on any atom is -0.478 e. The number of hydrogen-bond donors (Lipinski definition) is 2. The average molecular weight is 183 g/mol. The van der Waals surface area contributed by atoms with E-state index in [9.17, 15) is 9.18 Å². The number of carboxylic acid groups (broad SMARTS) is 1. The van der Waals surface area contributed by atoms with Crippen LogP contribution in [0.4, 0.5) is 10.1 Å². The fraction of sp³-hybridized carbons (Fsp3) is 0.222. The number of benzene rings is 1. The monoisotopic (exact) mass is 183 g/mol. The number of aromatic carboxylic acids is 1. The number of carbonyl (C=O) groups is 1. The number of anilines is 1. The Labute approximate surface area is 75.2 Å². The Hall–Kier alpha value is -1.58. The van der Waals surface area contributed by atoms with Crippen molar-refractivity contribution in [2.24, 2.45) is 0 Å². The first-order valence-electron chi connectivity index (χ1n) is 3.92. The Morgan fingerprint density at radius 2 is 2.31 bits per heavy atom. The molecule has 0 unspecified atom stereocenters. The third-order valence-electron chi connectivity index (χ3n) is 1.60. The Morgan fingerprint density at radius 3 is 2.85 bits per heavy atom. The molecule has 0 saturated carbocycles. The van der Waals surface area contributed by atoms with Crippen LogP contribution in [0.15, 0.2) is 18.2 Å². The van der Waals surface area contributed by atoms with Crippen molar-refractivity contribution in [1.29, 1.82) is 0 Å². The molecule has 2 N–H and O–H groups in total. The summed E-state index contributed by atoms with van der Waals surface area (Å²) in [6.07, 6.45) is 0. The SMILES string of the molecule is CCNc1c(F)cccc1C(=O)O. The van der Waals surface area contributed by atoms with Gasteiger partial charge in [0.05, 0.1) is 11.3 Å². The van der Waals surface area contributed by atoms with Crippen molar-refractivity contribution in [1.82, 2.24) is 0 Å². The van der Waals surface area contributed by atoms with Crippen LogP contribution < -0.4 is 5.32 Å². The highest BCUT2D eigenvalue weighted by Crippen LogP contribution is 2.19. The Bertz CT molecular complexity index is 325. The number of rotatable bonds is 3. The molecule has 13 heavy (non-hydrogen) atoms. The first-order chi connectivity index (χ1) is 6.16. The van der Waals surface area contributed by atoms with Crippen molar-refractivity contribution >= 4 is 11.7 Å². The van der Waals surface area contributed by atoms with Crippen molar-refractivity contribution in [3.05, 3.63) is 29.6 Å². The van der Waals surface area contributed by atoms with E-state index in [0.29, 0.717) is 6.54 Å². The summed E-state index contributed by atoms with van der Waals surface area (Å²) in [5.41, 5.74) is 0.0133. The summed E-state index contributed by atoms with van der Waals surface area (Å²) in [6.45, 7) is 2.26. The van der Waals surface area contributed by atoms with E-state index in [1.165, 1.54) is 18.2 Å². The lowest BCUT2D eigenvalue weighted by Crippen LogP contribution is -2.07. The van der Waals surface area contributed by atoms with E-state index in [0.717, 1.165) is 0 Å². The van der Waals surface area contributed by atoms with Crippen molar-refractivity contribution in [3.63, 3.8) is 0 Å². The molecule has 0 bridgehead atoms. The predicted molar refractivity (Wildman–Crippen MR) is 47.5 cm³/mol. The summed E-state index contributed by atoms with van der Waals surface area (Å²) in [5, 5.41) is 11.4. The van der Waals surface area contributed by atoms with Crippen LogP contribution in [0.25, 0.3) is 0 Å². The van der Waals surface area contributed by atoms with Crippen LogP contribution in [-0.4, -0.2) is 17.6 Å². The van der Waals surface area contributed by atoms with Gasteiger partial charge in [0.2, 0.25) is 0 Å². The minimum absolute atomic E-state index is 0.0400. The number of halogens is 1. The molecule has 1 aromatic rings. The summed E-state index contributed by atoms with van der Waals surface area (Å²) < 4.78 is 13.1. The number of nitrogens with one attached hydrogen (secondary N) is 1. The standard InChI is InChI=1S/C9H10FNO2/c1-2-11-8-6(9(12)13)4-3-5-7(8)10/h3-5,11H,2H2,1H3,(H,12,13). The van der Waals surface area contributed by atoms with Gasteiger partial charge in [-0.25, -0.2) is 9.18 Å². The third-order valence-corrected chi connectivity index (χ3v) is 1.60. The fourth-order valence-corrected chi connectivity index (χ4v) is 1.06. The van der Waals surface area contributed by atoms with E-state index in [1.807, 2.05) is 0 Å². The second-order valence-electron chi connectivity index (χ2n) is 2.50. The molecule has 70 valence electrons. The molecule has 0 aliphatic carbocycles. The summed E-state index contributed by atoms with van der Waals surface area (Å²) in [4.78, 5) is 10.6. The zero-order valence-electron chi connectivity index (χ0n) is 7.17. The molecule has 0 fully saturated rings. The van der Waals surface area contributed by atoms with Gasteiger partial charge in [-0.05, 0) is 19.1 Å². The van der Waals surface area contributed by atoms with Crippen LogP contribution in [-0.2, 0) is 0 Å². The van der Waals surface area contributed by atoms with Gasteiger partial charge >= 0.3 is 5.97 Å². The Kier molecular flexibility index (Phi) is 2.84. The van der Waals surface area contributed by atoms with E-state index >= 15 is 0 Å². The molecule has 1 aromatic carbocycles. The molecular weight excluding hydrogens is 173 g/mol. The third kappa shape index (κ3) is 1.96. The zero-order chi connectivity index (χ0) is 9.84. The first kappa shape index (κ1) is 9.51. The van der Waals surface area contributed by atoms with Gasteiger partial charge in [0, 0.05) is 6.54 Å². The van der Waals surface area contributed by atoms with Crippen LogP contribution in [0.5, 0.6) is 0 Å². The molecule has 0 aromatic heterocycles. The second-order valence-corrected chi connectivity index (χ2v) is 2.50. The van der Waals surface area contributed by atoms with E-state index in [1.54, 1.807) is 6.92 Å². The lowest BCUT2D eigenvalue weighted by Gasteiger charge is -2.07. The largest absolute Gasteiger partial charge is 0.478 e. The van der Waals surface area contributed by atoms with E-state index in [-0.39, 0.29) is 11.3 Å². The summed E-state index contributed by atoms with van der Waals surface area (Å²) in [5.74, 6) is -1.67. The first-order valence-corrected chi connectivity index (χ1v) is 3.92. The van der Waals surface area contributed by atoms with Crippen LogP contribution in [0.1, 0.15) is 17.3 Å². The minimum atomic E-state index is -1.13. The summed E-state index contributed by atoms with van der Waals surface area (Å²) in [7, 11) is 0. The molecule has 0 aliphatic rings. The maximum absolute atomic E-state index is 13.1. The maximum atomic E-state index is 13.1. The Morgan fingerprint density at radius 1 is 1.62 bits per heavy atom. The van der Waals surface area contributed by atoms with Gasteiger partial charge < -0.3 is 10.4 Å². The molecule has 0 radical (unpaired) electrons. The lowest BCUT2D eigenvalue weighted by molar-refractivity contribution is 0.0697. The van der Waals surface area contributed by atoms with E-state index in [4.69, 9.17) is 5.11 Å². The van der Waals surface area contributed by atoms with Gasteiger partial charge in [0.15, 0.2) is 0 Å². The van der Waals surface area contributed by atoms with E-state index in [2.05, 4.69) is 5.32 Å². The van der Waals surface area contributed by atoms with Gasteiger partial charge in [-0.3, -0.25) is 0 Å². The van der Waals surface area contributed by atoms with Gasteiger partial charge in [0.25, 0.3) is 0 Å². The van der Waals surface area contributed by atoms with Crippen LogP contribution >= 0.6 is 0 Å². The molecule has 0 heterocycles. The summed E-state index contributed by atoms with van der Waals surface area (Å²) >= 11 is 0. The smallest absolute Gasteiger partial charge is 0.337 e. The maximum Gasteiger partial charge on any atom is 0.337 e. The normalized spacial score (nSPS) is 9.69. The van der Waals surface area contributed by atoms with Gasteiger partial charge in [0.1, 0.15) is 5.82 Å². The van der Waals surface area contributed by atoms with Crippen molar-refractivity contribution in [3.8, 4) is 0 Å². The molecule has 3 nitrogen and oxygen atoms in total. The topological polar surface area (TPSA) is 49.3 Å². The molecule has 0 aliphatic heterocycles. The quantitative estimate of drug-likeness (QED) is 0.753. The molecule has 4 heteroatoms. The zero-order valence-corrected chi connectivity index (χ0v) is 7.17. The van der Waals surface area contributed by atoms with Gasteiger partial charge in [-0.2, -0.15) is 0 Å². The molecule has 1 rings (SSSR count). The second kappa shape index (κ2) is 3.89. The molecule has 0 spiro atoms. The fourth-order valence-electron chi connectivity index (χ4n) is 1.06. The lowest BCUT2D eigenvalue weighted by atomic mass is 10.1. The van der Waals surface area contributed by atoms with E-state index < -0.39 is 11.8 Å². The number of hydrogen-bond acceptors (Lipinski definition) is 2. The van der Waals surface area contributed by atoms with Gasteiger partial charge in [-0.1, -0.05) is 6.07 Å². The van der Waals surface area contributed by atoms with Gasteiger partial charge in [-0.15, -0.1) is 0 Å². The highest BCUT2D eigenvalue weighted by Gasteiger charge is 2.12.